The Morgan fingerprint density at radius 1 is 1.40 bits per heavy atom. The van der Waals surface area contributed by atoms with Crippen LogP contribution in [0.25, 0.3) is 0 Å². The summed E-state index contributed by atoms with van der Waals surface area (Å²) in [4.78, 5) is 37.3. The van der Waals surface area contributed by atoms with E-state index in [0.717, 1.165) is 6.29 Å². The maximum absolute atomic E-state index is 12.0. The summed E-state index contributed by atoms with van der Waals surface area (Å²) in [5.74, 6) is -0.339. The number of hydrogen-bond acceptors (Lipinski definition) is 5. The van der Waals surface area contributed by atoms with Crippen molar-refractivity contribution in [2.45, 2.75) is 64.6 Å². The molecule has 25 heavy (non-hydrogen) atoms. The molecule has 3 atom stereocenters. The fourth-order valence-corrected chi connectivity index (χ4v) is 3.55. The summed E-state index contributed by atoms with van der Waals surface area (Å²) >= 11 is 0. The molecule has 0 aliphatic carbocycles. The highest BCUT2D eigenvalue weighted by molar-refractivity contribution is 6.74. The second-order valence-corrected chi connectivity index (χ2v) is 13.0. The fraction of sp³-hybridized carbons (Fsp3) is 0.706. The average molecular weight is 369 g/mol. The third-order valence-corrected chi connectivity index (χ3v) is 9.83. The van der Waals surface area contributed by atoms with Crippen molar-refractivity contribution in [3.63, 3.8) is 0 Å². The molecule has 1 fully saturated rings. The Balaban J connectivity index is 2.16. The minimum absolute atomic E-state index is 0.0641. The molecule has 0 unspecified atom stereocenters. The molecule has 0 bridgehead atoms. The molecule has 0 spiro atoms. The second-order valence-electron chi connectivity index (χ2n) is 8.21. The van der Waals surface area contributed by atoms with E-state index in [2.05, 4.69) is 38.8 Å². The number of aromatic nitrogens is 2. The van der Waals surface area contributed by atoms with Gasteiger partial charge in [0.15, 0.2) is 8.32 Å². The van der Waals surface area contributed by atoms with Crippen LogP contribution in [0.5, 0.6) is 0 Å². The SMILES string of the molecule is Cc1cn([C@H]2C[C@@H](C=O)[C@@H](CO[Si](C)(C)C(C)(C)C)O2)c(=O)[nH]c1=O. The summed E-state index contributed by atoms with van der Waals surface area (Å²) in [5.41, 5.74) is -0.521. The molecule has 1 aromatic rings. The molecule has 1 aliphatic rings. The topological polar surface area (TPSA) is 90.4 Å². The molecule has 2 heterocycles. The van der Waals surface area contributed by atoms with E-state index in [1.54, 1.807) is 6.92 Å². The largest absolute Gasteiger partial charge is 0.414 e. The van der Waals surface area contributed by atoms with Crippen LogP contribution < -0.4 is 11.2 Å². The third kappa shape index (κ3) is 4.19. The lowest BCUT2D eigenvalue weighted by molar-refractivity contribution is -0.113. The van der Waals surface area contributed by atoms with Crippen LogP contribution in [0.1, 0.15) is 39.0 Å². The first-order valence-electron chi connectivity index (χ1n) is 8.53. The van der Waals surface area contributed by atoms with Crippen molar-refractivity contribution in [1.82, 2.24) is 9.55 Å². The predicted molar refractivity (Wildman–Crippen MR) is 97.3 cm³/mol. The Morgan fingerprint density at radius 3 is 2.60 bits per heavy atom. The van der Waals surface area contributed by atoms with Crippen molar-refractivity contribution in [3.05, 3.63) is 32.6 Å². The van der Waals surface area contributed by atoms with Gasteiger partial charge in [-0.15, -0.1) is 0 Å². The number of nitrogens with one attached hydrogen (secondary N) is 1. The number of aryl methyl sites for hydroxylation is 1. The van der Waals surface area contributed by atoms with E-state index >= 15 is 0 Å². The van der Waals surface area contributed by atoms with E-state index < -0.39 is 31.9 Å². The van der Waals surface area contributed by atoms with Crippen LogP contribution in [0.4, 0.5) is 0 Å². The molecule has 0 saturated carbocycles. The number of aldehydes is 1. The summed E-state index contributed by atoms with van der Waals surface area (Å²) in [5, 5.41) is 0.0641. The first kappa shape index (κ1) is 19.8. The molecule has 1 aliphatic heterocycles. The molecule has 1 aromatic heterocycles. The summed E-state index contributed by atoms with van der Waals surface area (Å²) in [6.45, 7) is 12.7. The van der Waals surface area contributed by atoms with Crippen molar-refractivity contribution in [2.24, 2.45) is 5.92 Å². The van der Waals surface area contributed by atoms with Crippen LogP contribution >= 0.6 is 0 Å². The predicted octanol–water partition coefficient (Wildman–Crippen LogP) is 1.97. The number of carbonyl (C=O) groups is 1. The molecular formula is C17H28N2O5Si. The Labute approximate surface area is 148 Å². The highest BCUT2D eigenvalue weighted by Gasteiger charge is 2.41. The summed E-state index contributed by atoms with van der Waals surface area (Å²) in [6, 6.07) is 0. The first-order chi connectivity index (χ1) is 11.5. The van der Waals surface area contributed by atoms with Crippen LogP contribution in [-0.4, -0.2) is 36.9 Å². The lowest BCUT2D eigenvalue weighted by Gasteiger charge is -2.37. The van der Waals surface area contributed by atoms with Gasteiger partial charge >= 0.3 is 5.69 Å². The molecule has 1 N–H and O–H groups in total. The van der Waals surface area contributed by atoms with Gasteiger partial charge in [-0.3, -0.25) is 14.3 Å². The summed E-state index contributed by atoms with van der Waals surface area (Å²) in [6.07, 6.45) is 1.76. The molecule has 0 amide bonds. The van der Waals surface area contributed by atoms with Crippen molar-refractivity contribution in [1.29, 1.82) is 0 Å². The van der Waals surface area contributed by atoms with Crippen LogP contribution in [0.15, 0.2) is 15.8 Å². The molecule has 0 aromatic carbocycles. The van der Waals surface area contributed by atoms with Crippen molar-refractivity contribution in [3.8, 4) is 0 Å². The van der Waals surface area contributed by atoms with E-state index in [1.807, 2.05) is 0 Å². The maximum Gasteiger partial charge on any atom is 0.330 e. The van der Waals surface area contributed by atoms with Gasteiger partial charge in [0.25, 0.3) is 5.56 Å². The van der Waals surface area contributed by atoms with Gasteiger partial charge in [0, 0.05) is 24.1 Å². The molecule has 1 saturated heterocycles. The lowest BCUT2D eigenvalue weighted by atomic mass is 10.0. The van der Waals surface area contributed by atoms with Crippen molar-refractivity contribution in [2.75, 3.05) is 6.61 Å². The molecule has 7 nitrogen and oxygen atoms in total. The zero-order valence-electron chi connectivity index (χ0n) is 15.8. The zero-order chi connectivity index (χ0) is 19.0. The van der Waals surface area contributed by atoms with Gasteiger partial charge < -0.3 is 14.0 Å². The van der Waals surface area contributed by atoms with E-state index in [0.29, 0.717) is 18.6 Å². The number of rotatable bonds is 5. The highest BCUT2D eigenvalue weighted by atomic mass is 28.4. The van der Waals surface area contributed by atoms with Crippen molar-refractivity contribution < 1.29 is 14.0 Å². The van der Waals surface area contributed by atoms with Gasteiger partial charge in [-0.25, -0.2) is 4.79 Å². The number of ether oxygens (including phenoxy) is 1. The van der Waals surface area contributed by atoms with E-state index in [4.69, 9.17) is 9.16 Å². The smallest absolute Gasteiger partial charge is 0.330 e. The first-order valence-corrected chi connectivity index (χ1v) is 11.4. The number of aromatic amines is 1. The molecule has 2 rings (SSSR count). The van der Waals surface area contributed by atoms with Crippen LogP contribution in [-0.2, 0) is 14.0 Å². The molecule has 0 radical (unpaired) electrons. The minimum Gasteiger partial charge on any atom is -0.414 e. The van der Waals surface area contributed by atoms with Crippen molar-refractivity contribution >= 4 is 14.6 Å². The number of nitrogens with zero attached hydrogens (tertiary/aromatic N) is 1. The fourth-order valence-electron chi connectivity index (χ4n) is 2.54. The zero-order valence-corrected chi connectivity index (χ0v) is 16.8. The lowest BCUT2D eigenvalue weighted by Crippen LogP contribution is -2.43. The monoisotopic (exact) mass is 368 g/mol. The van der Waals surface area contributed by atoms with Gasteiger partial charge in [-0.2, -0.15) is 0 Å². The summed E-state index contributed by atoms with van der Waals surface area (Å²) in [7, 11) is -1.96. The van der Waals surface area contributed by atoms with Gasteiger partial charge in [0.1, 0.15) is 12.5 Å². The van der Waals surface area contributed by atoms with Gasteiger partial charge in [-0.1, -0.05) is 20.8 Å². The summed E-state index contributed by atoms with van der Waals surface area (Å²) < 4.78 is 13.5. The molecule has 140 valence electrons. The quantitative estimate of drug-likeness (QED) is 0.634. The Morgan fingerprint density at radius 2 is 2.04 bits per heavy atom. The number of carbonyl (C=O) groups excluding carboxylic acids is 1. The minimum atomic E-state index is -1.96. The Bertz CT molecular complexity index is 747. The van der Waals surface area contributed by atoms with E-state index in [-0.39, 0.29) is 11.0 Å². The second kappa shape index (κ2) is 7.01. The van der Waals surface area contributed by atoms with Crippen LogP contribution in [0, 0.1) is 12.8 Å². The third-order valence-electron chi connectivity index (χ3n) is 5.33. The average Bonchev–Trinajstić information content (AvgIpc) is 2.91. The maximum atomic E-state index is 12.0. The standard InChI is InChI=1S/C17H28N2O5Si/c1-11-8-19(16(22)18-15(11)21)14-7-12(9-20)13(24-14)10-23-25(5,6)17(2,3)4/h8-9,12-14H,7,10H2,1-6H3,(H,18,21,22)/t12-,13+,14+/m0/s1. The molecular weight excluding hydrogens is 340 g/mol. The Hall–Kier alpha value is -1.51. The number of hydrogen-bond donors (Lipinski definition) is 1. The highest BCUT2D eigenvalue weighted by Crippen LogP contribution is 2.38. The normalized spacial score (nSPS) is 24.5. The Kier molecular flexibility index (Phi) is 5.55. The molecule has 8 heteroatoms. The van der Waals surface area contributed by atoms with E-state index in [9.17, 15) is 14.4 Å². The van der Waals surface area contributed by atoms with Crippen LogP contribution in [0.2, 0.25) is 18.1 Å². The van der Waals surface area contributed by atoms with Crippen LogP contribution in [0.3, 0.4) is 0 Å². The van der Waals surface area contributed by atoms with Gasteiger partial charge in [-0.05, 0) is 25.1 Å². The van der Waals surface area contributed by atoms with Gasteiger partial charge in [0.05, 0.1) is 12.7 Å². The number of H-pyrrole nitrogens is 1. The van der Waals surface area contributed by atoms with Gasteiger partial charge in [0.2, 0.25) is 0 Å². The van der Waals surface area contributed by atoms with E-state index in [1.165, 1.54) is 10.8 Å².